The average molecular weight is 405 g/mol. The summed E-state index contributed by atoms with van der Waals surface area (Å²) < 4.78 is 5.76. The van der Waals surface area contributed by atoms with Gasteiger partial charge in [-0.15, -0.1) is 0 Å². The molecule has 0 saturated carbocycles. The second-order valence-corrected chi connectivity index (χ2v) is 8.57. The van der Waals surface area contributed by atoms with Crippen LogP contribution >= 0.6 is 0 Å². The molecule has 5 rings (SSSR count). The summed E-state index contributed by atoms with van der Waals surface area (Å²) in [6.07, 6.45) is 6.51. The van der Waals surface area contributed by atoms with E-state index >= 15 is 0 Å². The molecule has 3 aromatic rings. The Morgan fingerprint density at radius 2 is 1.93 bits per heavy atom. The number of carbonyl (C=O) groups excluding carboxylic acids is 1. The van der Waals surface area contributed by atoms with Gasteiger partial charge in [-0.1, -0.05) is 24.3 Å². The summed E-state index contributed by atoms with van der Waals surface area (Å²) in [5.41, 5.74) is 4.41. The van der Waals surface area contributed by atoms with Crippen molar-refractivity contribution in [2.75, 3.05) is 18.0 Å². The van der Waals surface area contributed by atoms with Gasteiger partial charge in [-0.2, -0.15) is 0 Å². The highest BCUT2D eigenvalue weighted by Crippen LogP contribution is 2.33. The first-order chi connectivity index (χ1) is 14.6. The van der Waals surface area contributed by atoms with E-state index in [2.05, 4.69) is 51.4 Å². The molecule has 0 radical (unpaired) electrons. The van der Waals surface area contributed by atoms with E-state index < -0.39 is 0 Å². The maximum absolute atomic E-state index is 13.0. The maximum Gasteiger partial charge on any atom is 0.231 e. The van der Waals surface area contributed by atoms with Gasteiger partial charge in [-0.3, -0.25) is 4.79 Å². The highest BCUT2D eigenvalue weighted by atomic mass is 16.3. The van der Waals surface area contributed by atoms with Gasteiger partial charge in [-0.25, -0.2) is 9.97 Å². The summed E-state index contributed by atoms with van der Waals surface area (Å²) in [5, 5.41) is 4.34. The van der Waals surface area contributed by atoms with Crippen molar-refractivity contribution in [1.82, 2.24) is 15.3 Å². The summed E-state index contributed by atoms with van der Waals surface area (Å²) in [6.45, 7) is 5.64. The zero-order valence-electron chi connectivity index (χ0n) is 17.6. The number of rotatable bonds is 3. The molecular weight excluding hydrogens is 376 g/mol. The van der Waals surface area contributed by atoms with Crippen molar-refractivity contribution in [2.24, 2.45) is 5.92 Å². The molecule has 1 atom stereocenters. The van der Waals surface area contributed by atoms with E-state index in [9.17, 15) is 4.79 Å². The standard InChI is InChI=1S/C24H28N4O2/c1-15-16(2)30-24-21(15)22(25-14-26-24)28-12-10-18(11-13-28)23(29)27-20-9-5-7-17-6-3-4-8-19(17)20/h3-4,6,8,14,18,20H,5,7,9-13H2,1-2H3,(H,27,29). The van der Waals surface area contributed by atoms with Crippen LogP contribution in [0.3, 0.4) is 0 Å². The Labute approximate surface area is 176 Å². The van der Waals surface area contributed by atoms with Crippen LogP contribution in [0.5, 0.6) is 0 Å². The van der Waals surface area contributed by atoms with Crippen LogP contribution in [0.15, 0.2) is 35.0 Å². The Bertz CT molecular complexity index is 1080. The van der Waals surface area contributed by atoms with Crippen LogP contribution in [-0.2, 0) is 11.2 Å². The average Bonchev–Trinajstić information content (AvgIpc) is 3.08. The molecule has 1 amide bonds. The SMILES string of the molecule is Cc1oc2ncnc(N3CCC(C(=O)NC4CCCc5ccccc54)CC3)c2c1C. The number of fused-ring (bicyclic) bond motifs is 2. The van der Waals surface area contributed by atoms with Crippen molar-refractivity contribution in [3.05, 3.63) is 53.0 Å². The number of aryl methyl sites for hydroxylation is 3. The topological polar surface area (TPSA) is 71.3 Å². The molecule has 3 heterocycles. The summed E-state index contributed by atoms with van der Waals surface area (Å²) in [7, 11) is 0. The minimum Gasteiger partial charge on any atom is -0.443 e. The molecule has 1 N–H and O–H groups in total. The Balaban J connectivity index is 1.26. The molecule has 1 aliphatic heterocycles. The lowest BCUT2D eigenvalue weighted by atomic mass is 9.87. The predicted molar refractivity (Wildman–Crippen MR) is 116 cm³/mol. The molecule has 1 fully saturated rings. The third kappa shape index (κ3) is 3.34. The van der Waals surface area contributed by atoms with Gasteiger partial charge in [0.1, 0.15) is 17.9 Å². The molecular formula is C24H28N4O2. The highest BCUT2D eigenvalue weighted by Gasteiger charge is 2.30. The number of furan rings is 1. The number of anilines is 1. The number of nitrogens with zero attached hydrogens (tertiary/aromatic N) is 3. The fourth-order valence-corrected chi connectivity index (χ4v) is 4.95. The summed E-state index contributed by atoms with van der Waals surface area (Å²) in [5.74, 6) is 2.06. The number of nitrogens with one attached hydrogen (secondary N) is 1. The molecule has 1 unspecified atom stereocenters. The normalized spacial score (nSPS) is 19.7. The first-order valence-electron chi connectivity index (χ1n) is 11.0. The van der Waals surface area contributed by atoms with Crippen LogP contribution in [0.4, 0.5) is 5.82 Å². The smallest absolute Gasteiger partial charge is 0.231 e. The predicted octanol–water partition coefficient (Wildman–Crippen LogP) is 4.25. The summed E-state index contributed by atoms with van der Waals surface area (Å²) in [4.78, 5) is 24.1. The molecule has 6 nitrogen and oxygen atoms in total. The van der Waals surface area contributed by atoms with Crippen LogP contribution in [0.25, 0.3) is 11.1 Å². The van der Waals surface area contributed by atoms with Crippen LogP contribution in [0.1, 0.15) is 54.2 Å². The van der Waals surface area contributed by atoms with Gasteiger partial charge >= 0.3 is 0 Å². The molecule has 6 heteroatoms. The lowest BCUT2D eigenvalue weighted by molar-refractivity contribution is -0.126. The zero-order chi connectivity index (χ0) is 20.7. The van der Waals surface area contributed by atoms with Crippen LogP contribution in [-0.4, -0.2) is 29.0 Å². The van der Waals surface area contributed by atoms with Crippen molar-refractivity contribution in [2.45, 2.75) is 52.0 Å². The van der Waals surface area contributed by atoms with Crippen molar-refractivity contribution in [3.63, 3.8) is 0 Å². The number of aromatic nitrogens is 2. The van der Waals surface area contributed by atoms with Gasteiger partial charge in [0.2, 0.25) is 11.6 Å². The monoisotopic (exact) mass is 404 g/mol. The Kier molecular flexibility index (Phi) is 4.93. The lowest BCUT2D eigenvalue weighted by Gasteiger charge is -2.34. The molecule has 156 valence electrons. The zero-order valence-corrected chi connectivity index (χ0v) is 17.6. The van der Waals surface area contributed by atoms with Gasteiger partial charge in [0.25, 0.3) is 0 Å². The third-order valence-electron chi connectivity index (χ3n) is 6.80. The van der Waals surface area contributed by atoms with Crippen LogP contribution in [0, 0.1) is 19.8 Å². The molecule has 0 spiro atoms. The van der Waals surface area contributed by atoms with Gasteiger partial charge in [0, 0.05) is 24.6 Å². The third-order valence-corrected chi connectivity index (χ3v) is 6.80. The molecule has 30 heavy (non-hydrogen) atoms. The fraction of sp³-hybridized carbons (Fsp3) is 0.458. The minimum atomic E-state index is 0.0554. The van der Waals surface area contributed by atoms with Crippen molar-refractivity contribution < 1.29 is 9.21 Å². The number of benzene rings is 1. The fourth-order valence-electron chi connectivity index (χ4n) is 4.95. The Hall–Kier alpha value is -2.89. The van der Waals surface area contributed by atoms with Gasteiger partial charge < -0.3 is 14.6 Å². The van der Waals surface area contributed by atoms with Crippen molar-refractivity contribution in [3.8, 4) is 0 Å². The number of hydrogen-bond acceptors (Lipinski definition) is 5. The number of hydrogen-bond donors (Lipinski definition) is 1. The van der Waals surface area contributed by atoms with Crippen molar-refractivity contribution >= 4 is 22.8 Å². The quantitative estimate of drug-likeness (QED) is 0.707. The van der Waals surface area contributed by atoms with Crippen molar-refractivity contribution in [1.29, 1.82) is 0 Å². The first-order valence-corrected chi connectivity index (χ1v) is 11.0. The molecule has 2 aromatic heterocycles. The molecule has 0 bridgehead atoms. The largest absolute Gasteiger partial charge is 0.443 e. The van der Waals surface area contributed by atoms with E-state index in [0.29, 0.717) is 5.71 Å². The lowest BCUT2D eigenvalue weighted by Crippen LogP contribution is -2.42. The number of carbonyl (C=O) groups is 1. The Morgan fingerprint density at radius 1 is 1.13 bits per heavy atom. The molecule has 1 saturated heterocycles. The van der Waals surface area contributed by atoms with E-state index in [4.69, 9.17) is 4.42 Å². The Morgan fingerprint density at radius 3 is 2.77 bits per heavy atom. The van der Waals surface area contributed by atoms with E-state index in [1.807, 2.05) is 6.92 Å². The van der Waals surface area contributed by atoms with E-state index in [1.165, 1.54) is 11.1 Å². The van der Waals surface area contributed by atoms with Gasteiger partial charge in [-0.05, 0) is 57.1 Å². The summed E-state index contributed by atoms with van der Waals surface area (Å²) >= 11 is 0. The molecule has 2 aliphatic rings. The highest BCUT2D eigenvalue weighted by molar-refractivity contribution is 5.90. The summed E-state index contributed by atoms with van der Waals surface area (Å²) in [6, 6.07) is 8.67. The maximum atomic E-state index is 13.0. The number of piperidine rings is 1. The van der Waals surface area contributed by atoms with Crippen LogP contribution < -0.4 is 10.2 Å². The van der Waals surface area contributed by atoms with E-state index in [1.54, 1.807) is 6.33 Å². The minimum absolute atomic E-state index is 0.0554. The second-order valence-electron chi connectivity index (χ2n) is 8.57. The van der Waals surface area contributed by atoms with E-state index in [0.717, 1.165) is 67.7 Å². The van der Waals surface area contributed by atoms with E-state index in [-0.39, 0.29) is 17.9 Å². The van der Waals surface area contributed by atoms with Crippen LogP contribution in [0.2, 0.25) is 0 Å². The van der Waals surface area contributed by atoms with Gasteiger partial charge in [0.05, 0.1) is 11.4 Å². The second kappa shape index (κ2) is 7.74. The number of amides is 1. The molecule has 1 aliphatic carbocycles. The first kappa shape index (κ1) is 19.1. The molecule has 1 aromatic carbocycles. The van der Waals surface area contributed by atoms with Gasteiger partial charge in [0.15, 0.2) is 0 Å².